The van der Waals surface area contributed by atoms with Gasteiger partial charge in [0.15, 0.2) is 0 Å². The summed E-state index contributed by atoms with van der Waals surface area (Å²) in [5, 5.41) is 3.19. The van der Waals surface area contributed by atoms with Crippen LogP contribution in [0.3, 0.4) is 0 Å². The standard InChI is InChI=1S/C12H25N3O4S.ClH/c1-18-9-7-15(8-10-19-2)20(16,17)14-11-12-3-5-13-6-4-12;/h3,13-14H,4-11H2,1-2H3;1H. The predicted octanol–water partition coefficient (Wildman–Crippen LogP) is -0.243. The molecule has 126 valence electrons. The molecule has 0 fully saturated rings. The molecule has 0 aromatic heterocycles. The van der Waals surface area contributed by atoms with E-state index in [9.17, 15) is 8.42 Å². The van der Waals surface area contributed by atoms with Gasteiger partial charge in [0.25, 0.3) is 10.2 Å². The maximum Gasteiger partial charge on any atom is 0.279 e. The van der Waals surface area contributed by atoms with Crippen molar-refractivity contribution in [2.75, 3.05) is 60.2 Å². The van der Waals surface area contributed by atoms with Crippen molar-refractivity contribution in [1.29, 1.82) is 0 Å². The van der Waals surface area contributed by atoms with Crippen molar-refractivity contribution in [3.63, 3.8) is 0 Å². The van der Waals surface area contributed by atoms with Crippen LogP contribution in [-0.4, -0.2) is 72.9 Å². The molecular formula is C12H26ClN3O4S. The SMILES string of the molecule is COCCN(CCOC)S(=O)(=O)NCC1=CCNCC1.Cl. The molecule has 0 aromatic rings. The lowest BCUT2D eigenvalue weighted by atomic mass is 10.1. The van der Waals surface area contributed by atoms with Crippen LogP contribution < -0.4 is 10.0 Å². The second-order valence-corrected chi connectivity index (χ2v) is 6.28. The largest absolute Gasteiger partial charge is 0.383 e. The van der Waals surface area contributed by atoms with Crippen molar-refractivity contribution in [1.82, 2.24) is 14.3 Å². The molecule has 7 nitrogen and oxygen atoms in total. The highest BCUT2D eigenvalue weighted by molar-refractivity contribution is 7.87. The van der Waals surface area contributed by atoms with E-state index in [4.69, 9.17) is 9.47 Å². The first-order chi connectivity index (χ1) is 9.60. The normalized spacial score (nSPS) is 15.7. The van der Waals surface area contributed by atoms with Gasteiger partial charge in [0.2, 0.25) is 0 Å². The summed E-state index contributed by atoms with van der Waals surface area (Å²) in [5.41, 5.74) is 1.12. The summed E-state index contributed by atoms with van der Waals surface area (Å²) in [6, 6.07) is 0. The monoisotopic (exact) mass is 343 g/mol. The van der Waals surface area contributed by atoms with Crippen LogP contribution in [0.4, 0.5) is 0 Å². The van der Waals surface area contributed by atoms with Crippen LogP contribution in [0.25, 0.3) is 0 Å². The molecule has 0 amide bonds. The molecule has 0 saturated carbocycles. The molecule has 0 bridgehead atoms. The third kappa shape index (κ3) is 8.10. The molecule has 9 heteroatoms. The van der Waals surface area contributed by atoms with E-state index in [1.165, 1.54) is 4.31 Å². The minimum absolute atomic E-state index is 0. The molecule has 0 radical (unpaired) electrons. The van der Waals surface area contributed by atoms with Gasteiger partial charge in [-0.15, -0.1) is 12.4 Å². The number of nitrogens with one attached hydrogen (secondary N) is 2. The third-order valence-corrected chi connectivity index (χ3v) is 4.62. The molecule has 1 heterocycles. The van der Waals surface area contributed by atoms with E-state index >= 15 is 0 Å². The second-order valence-electron chi connectivity index (χ2n) is 4.53. The Morgan fingerprint density at radius 1 is 1.29 bits per heavy atom. The first-order valence-corrected chi connectivity index (χ1v) is 8.15. The van der Waals surface area contributed by atoms with Gasteiger partial charge in [-0.05, 0) is 13.0 Å². The van der Waals surface area contributed by atoms with Crippen LogP contribution >= 0.6 is 12.4 Å². The number of halogens is 1. The minimum atomic E-state index is -3.50. The molecular weight excluding hydrogens is 318 g/mol. The number of ether oxygens (including phenoxy) is 2. The zero-order valence-corrected chi connectivity index (χ0v) is 14.3. The number of nitrogens with zero attached hydrogens (tertiary/aromatic N) is 1. The molecule has 0 aliphatic carbocycles. The molecule has 21 heavy (non-hydrogen) atoms. The molecule has 1 rings (SSSR count). The topological polar surface area (TPSA) is 79.9 Å². The fourth-order valence-electron chi connectivity index (χ4n) is 1.84. The smallest absolute Gasteiger partial charge is 0.279 e. The average molecular weight is 344 g/mol. The summed E-state index contributed by atoms with van der Waals surface area (Å²) in [5.74, 6) is 0. The van der Waals surface area contributed by atoms with Crippen molar-refractivity contribution in [2.45, 2.75) is 6.42 Å². The summed E-state index contributed by atoms with van der Waals surface area (Å²) in [4.78, 5) is 0. The van der Waals surface area contributed by atoms with E-state index in [0.29, 0.717) is 32.8 Å². The molecule has 1 aliphatic heterocycles. The number of rotatable bonds is 10. The van der Waals surface area contributed by atoms with Gasteiger partial charge < -0.3 is 14.8 Å². The van der Waals surface area contributed by atoms with Crippen molar-refractivity contribution in [3.8, 4) is 0 Å². The maximum absolute atomic E-state index is 12.2. The summed E-state index contributed by atoms with van der Waals surface area (Å²) < 4.78 is 38.4. The van der Waals surface area contributed by atoms with Crippen LogP contribution in [0.5, 0.6) is 0 Å². The lowest BCUT2D eigenvalue weighted by Gasteiger charge is -2.23. The van der Waals surface area contributed by atoms with Crippen LogP contribution in [0, 0.1) is 0 Å². The van der Waals surface area contributed by atoms with Gasteiger partial charge in [0.05, 0.1) is 13.2 Å². The Morgan fingerprint density at radius 2 is 1.90 bits per heavy atom. The average Bonchev–Trinajstić information content (AvgIpc) is 2.46. The fraction of sp³-hybridized carbons (Fsp3) is 0.833. The van der Waals surface area contributed by atoms with Gasteiger partial charge in [-0.2, -0.15) is 17.4 Å². The Bertz CT molecular complexity index is 395. The molecule has 1 aliphatic rings. The molecule has 0 aromatic carbocycles. The highest BCUT2D eigenvalue weighted by Crippen LogP contribution is 2.05. The van der Waals surface area contributed by atoms with Gasteiger partial charge >= 0.3 is 0 Å². The van der Waals surface area contributed by atoms with Crippen molar-refractivity contribution in [3.05, 3.63) is 11.6 Å². The fourth-order valence-corrected chi connectivity index (χ4v) is 3.02. The van der Waals surface area contributed by atoms with Gasteiger partial charge in [0, 0.05) is 40.4 Å². The summed E-state index contributed by atoms with van der Waals surface area (Å²) in [6.07, 6.45) is 2.90. The third-order valence-electron chi connectivity index (χ3n) is 3.07. The van der Waals surface area contributed by atoms with E-state index in [2.05, 4.69) is 10.0 Å². The van der Waals surface area contributed by atoms with Crippen LogP contribution in [-0.2, 0) is 19.7 Å². The Hall–Kier alpha value is -0.220. The Kier molecular flexibility index (Phi) is 11.2. The quantitative estimate of drug-likeness (QED) is 0.535. The summed E-state index contributed by atoms with van der Waals surface area (Å²) in [7, 11) is -0.404. The lowest BCUT2D eigenvalue weighted by Crippen LogP contribution is -2.44. The first kappa shape index (κ1) is 20.8. The number of hydrogen-bond acceptors (Lipinski definition) is 5. The van der Waals surface area contributed by atoms with Crippen LogP contribution in [0.15, 0.2) is 11.6 Å². The lowest BCUT2D eigenvalue weighted by molar-refractivity contribution is 0.150. The molecule has 0 spiro atoms. The minimum Gasteiger partial charge on any atom is -0.383 e. The van der Waals surface area contributed by atoms with E-state index in [0.717, 1.165) is 25.1 Å². The molecule has 0 atom stereocenters. The Morgan fingerprint density at radius 3 is 2.38 bits per heavy atom. The summed E-state index contributed by atoms with van der Waals surface area (Å²) in [6.45, 7) is 3.40. The van der Waals surface area contributed by atoms with Crippen LogP contribution in [0.2, 0.25) is 0 Å². The molecule has 0 unspecified atom stereocenters. The molecule has 2 N–H and O–H groups in total. The van der Waals surface area contributed by atoms with Gasteiger partial charge in [-0.1, -0.05) is 11.6 Å². The van der Waals surface area contributed by atoms with Gasteiger partial charge in [-0.3, -0.25) is 0 Å². The Balaban J connectivity index is 0.00000400. The highest BCUT2D eigenvalue weighted by atomic mass is 35.5. The van der Waals surface area contributed by atoms with Crippen molar-refractivity contribution >= 4 is 22.6 Å². The van der Waals surface area contributed by atoms with Crippen molar-refractivity contribution < 1.29 is 17.9 Å². The van der Waals surface area contributed by atoms with Gasteiger partial charge in [-0.25, -0.2) is 0 Å². The predicted molar refractivity (Wildman–Crippen MR) is 85.1 cm³/mol. The van der Waals surface area contributed by atoms with E-state index < -0.39 is 10.2 Å². The zero-order chi connectivity index (χ0) is 14.8. The van der Waals surface area contributed by atoms with E-state index in [1.54, 1.807) is 14.2 Å². The van der Waals surface area contributed by atoms with Crippen molar-refractivity contribution in [2.24, 2.45) is 0 Å². The summed E-state index contributed by atoms with van der Waals surface area (Å²) >= 11 is 0. The van der Waals surface area contributed by atoms with Crippen LogP contribution in [0.1, 0.15) is 6.42 Å². The molecule has 0 saturated heterocycles. The van der Waals surface area contributed by atoms with E-state index in [1.807, 2.05) is 6.08 Å². The number of hydrogen-bond donors (Lipinski definition) is 2. The maximum atomic E-state index is 12.2. The highest BCUT2D eigenvalue weighted by Gasteiger charge is 2.21. The Labute approximate surface area is 133 Å². The second kappa shape index (κ2) is 11.4. The van der Waals surface area contributed by atoms with Gasteiger partial charge in [0.1, 0.15) is 0 Å². The number of methoxy groups -OCH3 is 2. The zero-order valence-electron chi connectivity index (χ0n) is 12.6. The first-order valence-electron chi connectivity index (χ1n) is 6.71. The van der Waals surface area contributed by atoms with E-state index in [-0.39, 0.29) is 12.4 Å².